The van der Waals surface area contributed by atoms with Crippen LogP contribution in [-0.4, -0.2) is 35.7 Å². The number of benzene rings is 2. The number of nitrogens with one attached hydrogen (secondary N) is 1. The third-order valence-corrected chi connectivity index (χ3v) is 4.34. The lowest BCUT2D eigenvalue weighted by atomic mass is 10.0. The molecule has 0 saturated heterocycles. The molecule has 1 N–H and O–H groups in total. The van der Waals surface area contributed by atoms with E-state index in [1.807, 2.05) is 0 Å². The molecule has 0 spiro atoms. The van der Waals surface area contributed by atoms with Crippen LogP contribution in [0.4, 0.5) is 5.69 Å². The van der Waals surface area contributed by atoms with E-state index in [-0.39, 0.29) is 29.1 Å². The van der Waals surface area contributed by atoms with Crippen molar-refractivity contribution in [3.63, 3.8) is 0 Å². The Labute approximate surface area is 155 Å². The number of nitrogens with zero attached hydrogens (tertiary/aromatic N) is 1. The number of esters is 1. The molecule has 1 atom stereocenters. The molecule has 7 heteroatoms. The third-order valence-electron chi connectivity index (χ3n) is 4.34. The van der Waals surface area contributed by atoms with Gasteiger partial charge in [0.2, 0.25) is 5.91 Å². The van der Waals surface area contributed by atoms with Crippen LogP contribution in [0.3, 0.4) is 0 Å². The molecule has 0 aliphatic carbocycles. The molecule has 27 heavy (non-hydrogen) atoms. The van der Waals surface area contributed by atoms with E-state index in [1.165, 1.54) is 20.1 Å². The molecular weight excluding hydrogens is 348 g/mol. The van der Waals surface area contributed by atoms with Crippen molar-refractivity contribution < 1.29 is 23.9 Å². The fraction of sp³-hybridized carbons (Fsp3) is 0.200. The van der Waals surface area contributed by atoms with Gasteiger partial charge in [0, 0.05) is 6.92 Å². The highest BCUT2D eigenvalue weighted by Crippen LogP contribution is 2.36. The number of carbonyl (C=O) groups is 4. The lowest BCUT2D eigenvalue weighted by Gasteiger charge is -2.25. The van der Waals surface area contributed by atoms with Crippen molar-refractivity contribution in [1.82, 2.24) is 4.90 Å². The highest BCUT2D eigenvalue weighted by molar-refractivity contribution is 6.24. The number of rotatable bonds is 5. The molecule has 0 saturated carbocycles. The third kappa shape index (κ3) is 3.44. The van der Waals surface area contributed by atoms with E-state index in [4.69, 9.17) is 4.74 Å². The summed E-state index contributed by atoms with van der Waals surface area (Å²) in [6, 6.07) is 12.7. The Morgan fingerprint density at radius 2 is 1.74 bits per heavy atom. The van der Waals surface area contributed by atoms with Crippen molar-refractivity contribution in [3.05, 3.63) is 65.2 Å². The molecule has 2 aromatic carbocycles. The number of anilines is 1. The maximum atomic E-state index is 13.1. The van der Waals surface area contributed by atoms with E-state index in [0.717, 1.165) is 4.90 Å². The number of amides is 3. The summed E-state index contributed by atoms with van der Waals surface area (Å²) < 4.78 is 4.74. The van der Waals surface area contributed by atoms with Gasteiger partial charge >= 0.3 is 5.97 Å². The van der Waals surface area contributed by atoms with Crippen LogP contribution in [0.2, 0.25) is 0 Å². The van der Waals surface area contributed by atoms with Gasteiger partial charge in [-0.25, -0.2) is 0 Å². The summed E-state index contributed by atoms with van der Waals surface area (Å²) in [5.41, 5.74) is 1.23. The van der Waals surface area contributed by atoms with Crippen LogP contribution in [-0.2, 0) is 14.3 Å². The standard InChI is InChI=1S/C20H18N2O5/c1-12(23)21-15-10-6-9-14-18(15)20(26)22(19(14)25)16(11-17(24)27-2)13-7-4-3-5-8-13/h3-10,16H,11H2,1-2H3,(H,21,23). The summed E-state index contributed by atoms with van der Waals surface area (Å²) >= 11 is 0. The Morgan fingerprint density at radius 1 is 1.04 bits per heavy atom. The van der Waals surface area contributed by atoms with E-state index in [0.29, 0.717) is 5.56 Å². The van der Waals surface area contributed by atoms with Crippen molar-refractivity contribution in [3.8, 4) is 0 Å². The smallest absolute Gasteiger partial charge is 0.307 e. The molecule has 3 amide bonds. The molecule has 7 nitrogen and oxygen atoms in total. The monoisotopic (exact) mass is 366 g/mol. The van der Waals surface area contributed by atoms with Crippen LogP contribution >= 0.6 is 0 Å². The van der Waals surface area contributed by atoms with Crippen molar-refractivity contribution in [2.24, 2.45) is 0 Å². The minimum absolute atomic E-state index is 0.128. The van der Waals surface area contributed by atoms with Crippen LogP contribution in [0.5, 0.6) is 0 Å². The Balaban J connectivity index is 2.06. The van der Waals surface area contributed by atoms with E-state index in [9.17, 15) is 19.2 Å². The molecule has 3 rings (SSSR count). The van der Waals surface area contributed by atoms with Crippen LogP contribution in [0, 0.1) is 0 Å². The van der Waals surface area contributed by atoms with Gasteiger partial charge in [-0.2, -0.15) is 0 Å². The molecular formula is C20H18N2O5. The molecule has 0 aromatic heterocycles. The van der Waals surface area contributed by atoms with Crippen LogP contribution in [0.25, 0.3) is 0 Å². The highest BCUT2D eigenvalue weighted by atomic mass is 16.5. The summed E-state index contributed by atoms with van der Waals surface area (Å²) in [5.74, 6) is -1.96. The number of hydrogen-bond acceptors (Lipinski definition) is 5. The summed E-state index contributed by atoms with van der Waals surface area (Å²) in [6.07, 6.45) is -0.165. The minimum Gasteiger partial charge on any atom is -0.469 e. The lowest BCUT2D eigenvalue weighted by molar-refractivity contribution is -0.141. The van der Waals surface area contributed by atoms with Gasteiger partial charge in [0.1, 0.15) is 0 Å². The first-order valence-corrected chi connectivity index (χ1v) is 8.34. The molecule has 2 aromatic rings. The molecule has 0 bridgehead atoms. The molecule has 0 fully saturated rings. The first-order valence-electron chi connectivity index (χ1n) is 8.34. The fourth-order valence-electron chi connectivity index (χ4n) is 3.15. The van der Waals surface area contributed by atoms with E-state index < -0.39 is 23.8 Å². The van der Waals surface area contributed by atoms with Crippen molar-refractivity contribution in [1.29, 1.82) is 0 Å². The number of fused-ring (bicyclic) bond motifs is 1. The zero-order valence-corrected chi connectivity index (χ0v) is 14.9. The molecule has 1 heterocycles. The Hall–Kier alpha value is -3.48. The number of ether oxygens (including phenoxy) is 1. The van der Waals surface area contributed by atoms with E-state index >= 15 is 0 Å². The summed E-state index contributed by atoms with van der Waals surface area (Å²) in [4.78, 5) is 50.5. The number of imide groups is 1. The molecule has 1 aliphatic rings. The van der Waals surface area contributed by atoms with Gasteiger partial charge in [-0.1, -0.05) is 36.4 Å². The Bertz CT molecular complexity index is 923. The SMILES string of the molecule is COC(=O)CC(c1ccccc1)N1C(=O)c2cccc(NC(C)=O)c2C1=O. The Kier molecular flexibility index (Phi) is 5.03. The zero-order chi connectivity index (χ0) is 19.6. The fourth-order valence-corrected chi connectivity index (χ4v) is 3.15. The number of hydrogen-bond donors (Lipinski definition) is 1. The molecule has 1 unspecified atom stereocenters. The first kappa shape index (κ1) is 18.3. The second kappa shape index (κ2) is 7.41. The van der Waals surface area contributed by atoms with Crippen molar-refractivity contribution >= 4 is 29.4 Å². The van der Waals surface area contributed by atoms with Gasteiger partial charge in [-0.3, -0.25) is 24.1 Å². The van der Waals surface area contributed by atoms with Gasteiger partial charge < -0.3 is 10.1 Å². The quantitative estimate of drug-likeness (QED) is 0.648. The molecule has 1 aliphatic heterocycles. The predicted octanol–water partition coefficient (Wildman–Crippen LogP) is 2.55. The topological polar surface area (TPSA) is 92.8 Å². The first-order chi connectivity index (χ1) is 12.9. The van der Waals surface area contributed by atoms with E-state index in [2.05, 4.69) is 5.32 Å². The summed E-state index contributed by atoms with van der Waals surface area (Å²) in [6.45, 7) is 1.32. The Morgan fingerprint density at radius 3 is 2.37 bits per heavy atom. The average molecular weight is 366 g/mol. The van der Waals surface area contributed by atoms with Gasteiger partial charge in [-0.15, -0.1) is 0 Å². The molecule has 0 radical (unpaired) electrons. The largest absolute Gasteiger partial charge is 0.469 e. The van der Waals surface area contributed by atoms with Gasteiger partial charge in [-0.05, 0) is 17.7 Å². The number of methoxy groups -OCH3 is 1. The minimum atomic E-state index is -0.809. The second-order valence-corrected chi connectivity index (χ2v) is 6.10. The van der Waals surface area contributed by atoms with E-state index in [1.54, 1.807) is 42.5 Å². The summed E-state index contributed by atoms with van der Waals surface area (Å²) in [5, 5.41) is 2.58. The predicted molar refractivity (Wildman–Crippen MR) is 97.1 cm³/mol. The summed E-state index contributed by atoms with van der Waals surface area (Å²) in [7, 11) is 1.25. The molecule has 138 valence electrons. The van der Waals surface area contributed by atoms with Crippen LogP contribution in [0.1, 0.15) is 45.7 Å². The van der Waals surface area contributed by atoms with Crippen molar-refractivity contribution in [2.45, 2.75) is 19.4 Å². The normalized spacial score (nSPS) is 13.9. The van der Waals surface area contributed by atoms with Gasteiger partial charge in [0.05, 0.1) is 36.4 Å². The average Bonchev–Trinajstić information content (AvgIpc) is 2.91. The number of carbonyl (C=O) groups excluding carboxylic acids is 4. The highest BCUT2D eigenvalue weighted by Gasteiger charge is 2.42. The van der Waals surface area contributed by atoms with Crippen LogP contribution in [0.15, 0.2) is 48.5 Å². The second-order valence-electron chi connectivity index (χ2n) is 6.10. The zero-order valence-electron chi connectivity index (χ0n) is 14.9. The van der Waals surface area contributed by atoms with Gasteiger partial charge in [0.15, 0.2) is 0 Å². The van der Waals surface area contributed by atoms with Crippen molar-refractivity contribution in [2.75, 3.05) is 12.4 Å². The lowest BCUT2D eigenvalue weighted by Crippen LogP contribution is -2.35. The van der Waals surface area contributed by atoms with Crippen LogP contribution < -0.4 is 5.32 Å². The maximum Gasteiger partial charge on any atom is 0.307 e. The van der Waals surface area contributed by atoms with Gasteiger partial charge in [0.25, 0.3) is 11.8 Å². The maximum absolute atomic E-state index is 13.1.